The van der Waals surface area contributed by atoms with Crippen molar-refractivity contribution in [1.82, 2.24) is 10.6 Å². The van der Waals surface area contributed by atoms with Gasteiger partial charge in [-0.1, -0.05) is 282 Å². The molecular formula is C79H146N2O21. The number of hydrogen-bond donors (Lipinski definition) is 14. The average molecular weight is 1460 g/mol. The highest BCUT2D eigenvalue weighted by atomic mass is 16.8. The number of amides is 2. The Balaban J connectivity index is 1.48. The Morgan fingerprint density at radius 3 is 1.33 bits per heavy atom. The molecule has 3 fully saturated rings. The molecule has 598 valence electrons. The third-order valence-electron chi connectivity index (χ3n) is 20.6. The zero-order valence-electron chi connectivity index (χ0n) is 63.2. The van der Waals surface area contributed by atoms with Crippen LogP contribution in [0, 0.1) is 0 Å². The maximum absolute atomic E-state index is 13.5. The first-order valence-corrected chi connectivity index (χ1v) is 40.7. The van der Waals surface area contributed by atoms with Gasteiger partial charge in [-0.15, -0.1) is 0 Å². The lowest BCUT2D eigenvalue weighted by Crippen LogP contribution is -2.70. The number of ether oxygens (including phenoxy) is 6. The quantitative estimate of drug-likeness (QED) is 0.0199. The Hall–Kier alpha value is -2.79. The van der Waals surface area contributed by atoms with Gasteiger partial charge in [0.2, 0.25) is 11.8 Å². The topological polar surface area (TPSA) is 373 Å². The second kappa shape index (κ2) is 58.3. The number of nitrogens with one attached hydrogen (secondary N) is 2. The highest BCUT2D eigenvalue weighted by Gasteiger charge is 2.60. The Kier molecular flexibility index (Phi) is 53.4. The summed E-state index contributed by atoms with van der Waals surface area (Å²) in [7, 11) is 0. The highest BCUT2D eigenvalue weighted by molar-refractivity contribution is 5.77. The number of carbonyl (C=O) groups excluding carboxylic acids is 2. The summed E-state index contributed by atoms with van der Waals surface area (Å²) in [6, 6.07) is -2.62. The van der Waals surface area contributed by atoms with Crippen molar-refractivity contribution in [3.05, 3.63) is 24.3 Å². The van der Waals surface area contributed by atoms with Crippen molar-refractivity contribution in [3.63, 3.8) is 0 Å². The SMILES string of the molecule is CCCCCCCCCCCCCC/C=C\CCCCCCCCCCCCCCCCCC(=O)NC(COC1OC(CO)C(OC2OC(CO)C(O)C(OC3(C(=O)O)CC(O)C(NC(C)=O)C(C(O)C(O)CO)O3)C2O)C(O)C1O)C(O)/C=C/CCCCCCCCCCCCCCCCC. The Morgan fingerprint density at radius 2 is 0.922 bits per heavy atom. The van der Waals surface area contributed by atoms with E-state index < -0.39 is 155 Å². The van der Waals surface area contributed by atoms with E-state index in [-0.39, 0.29) is 12.3 Å². The summed E-state index contributed by atoms with van der Waals surface area (Å²) in [5.74, 6) is -6.14. The molecule has 0 saturated carbocycles. The summed E-state index contributed by atoms with van der Waals surface area (Å²) >= 11 is 0. The van der Waals surface area contributed by atoms with Crippen LogP contribution in [0.4, 0.5) is 0 Å². The number of aliphatic hydroxyl groups excluding tert-OH is 11. The van der Waals surface area contributed by atoms with Crippen molar-refractivity contribution in [3.8, 4) is 0 Å². The summed E-state index contributed by atoms with van der Waals surface area (Å²) in [6.07, 6.45) is 35.1. The fraction of sp³-hybridized carbons (Fsp3) is 0.911. The Morgan fingerprint density at radius 1 is 0.510 bits per heavy atom. The summed E-state index contributed by atoms with van der Waals surface area (Å²) in [4.78, 5) is 38.7. The van der Waals surface area contributed by atoms with E-state index >= 15 is 0 Å². The Bertz CT molecular complexity index is 2130. The number of allylic oxidation sites excluding steroid dienone is 3. The van der Waals surface area contributed by atoms with Crippen LogP contribution in [0.1, 0.15) is 323 Å². The zero-order chi connectivity index (χ0) is 74.6. The van der Waals surface area contributed by atoms with Gasteiger partial charge in [-0.2, -0.15) is 0 Å². The van der Waals surface area contributed by atoms with E-state index in [0.717, 1.165) is 51.9 Å². The Labute approximate surface area is 613 Å². The molecule has 18 atom stereocenters. The third-order valence-corrected chi connectivity index (χ3v) is 20.6. The molecule has 14 N–H and O–H groups in total. The maximum atomic E-state index is 13.5. The number of aliphatic carboxylic acids is 1. The van der Waals surface area contributed by atoms with Crippen molar-refractivity contribution in [1.29, 1.82) is 0 Å². The van der Waals surface area contributed by atoms with E-state index in [1.54, 1.807) is 6.08 Å². The lowest BCUT2D eigenvalue weighted by molar-refractivity contribution is -0.386. The maximum Gasteiger partial charge on any atom is 0.364 e. The van der Waals surface area contributed by atoms with Gasteiger partial charge in [0, 0.05) is 19.8 Å². The van der Waals surface area contributed by atoms with E-state index in [0.29, 0.717) is 12.8 Å². The number of aliphatic hydroxyl groups is 11. The van der Waals surface area contributed by atoms with Gasteiger partial charge in [-0.3, -0.25) is 9.59 Å². The third kappa shape index (κ3) is 38.3. The van der Waals surface area contributed by atoms with Gasteiger partial charge in [0.25, 0.3) is 5.79 Å². The molecule has 23 heteroatoms. The number of unbranched alkanes of at least 4 members (excludes halogenated alkanes) is 42. The first-order chi connectivity index (χ1) is 49.4. The van der Waals surface area contributed by atoms with E-state index in [1.165, 1.54) is 231 Å². The predicted molar refractivity (Wildman–Crippen MR) is 394 cm³/mol. The van der Waals surface area contributed by atoms with E-state index in [1.807, 2.05) is 6.08 Å². The molecule has 18 unspecified atom stereocenters. The number of hydrogen-bond acceptors (Lipinski definition) is 20. The van der Waals surface area contributed by atoms with Gasteiger partial charge in [0.1, 0.15) is 67.1 Å². The van der Waals surface area contributed by atoms with Crippen LogP contribution < -0.4 is 10.6 Å². The van der Waals surface area contributed by atoms with Gasteiger partial charge < -0.3 is 100 Å². The molecule has 3 rings (SSSR count). The molecular weight excluding hydrogens is 1310 g/mol. The molecule has 0 bridgehead atoms. The molecule has 2 amide bonds. The number of carboxylic acids is 1. The molecule has 3 saturated heterocycles. The van der Waals surface area contributed by atoms with E-state index in [2.05, 4.69) is 36.6 Å². The normalized spacial score (nSPS) is 26.7. The summed E-state index contributed by atoms with van der Waals surface area (Å²) in [6.45, 7) is 2.18. The molecule has 0 radical (unpaired) electrons. The fourth-order valence-corrected chi connectivity index (χ4v) is 14.2. The monoisotopic (exact) mass is 1460 g/mol. The van der Waals surface area contributed by atoms with Crippen LogP contribution in [0.2, 0.25) is 0 Å². The number of carbonyl (C=O) groups is 3. The van der Waals surface area contributed by atoms with Gasteiger partial charge in [-0.25, -0.2) is 4.79 Å². The van der Waals surface area contributed by atoms with Crippen LogP contribution in [0.15, 0.2) is 24.3 Å². The van der Waals surface area contributed by atoms with Crippen LogP contribution in [0.25, 0.3) is 0 Å². The molecule has 3 aliphatic rings. The molecule has 23 nitrogen and oxygen atoms in total. The van der Waals surface area contributed by atoms with Crippen LogP contribution >= 0.6 is 0 Å². The smallest absolute Gasteiger partial charge is 0.364 e. The zero-order valence-corrected chi connectivity index (χ0v) is 63.2. The minimum atomic E-state index is -3.08. The van der Waals surface area contributed by atoms with Crippen molar-refractivity contribution >= 4 is 17.8 Å². The van der Waals surface area contributed by atoms with Gasteiger partial charge in [-0.05, 0) is 44.9 Å². The highest BCUT2D eigenvalue weighted by Crippen LogP contribution is 2.39. The minimum Gasteiger partial charge on any atom is -0.477 e. The molecule has 3 aliphatic heterocycles. The fourth-order valence-electron chi connectivity index (χ4n) is 14.2. The van der Waals surface area contributed by atoms with Crippen LogP contribution in [0.5, 0.6) is 0 Å². The van der Waals surface area contributed by atoms with E-state index in [9.17, 15) is 75.7 Å². The molecule has 0 aliphatic carbocycles. The summed E-state index contributed by atoms with van der Waals surface area (Å²) in [5.41, 5.74) is 0. The summed E-state index contributed by atoms with van der Waals surface area (Å²) < 4.78 is 34.9. The van der Waals surface area contributed by atoms with Crippen LogP contribution in [-0.4, -0.2) is 215 Å². The molecule has 0 spiro atoms. The number of rotatable bonds is 64. The second-order valence-electron chi connectivity index (χ2n) is 29.6. The van der Waals surface area contributed by atoms with Crippen molar-refractivity contribution in [2.75, 3.05) is 26.4 Å². The van der Waals surface area contributed by atoms with Gasteiger partial charge in [0.05, 0.1) is 50.7 Å². The molecule has 0 aromatic heterocycles. The average Bonchev–Trinajstić information content (AvgIpc) is 0.756. The van der Waals surface area contributed by atoms with Crippen LogP contribution in [-0.2, 0) is 42.8 Å². The standard InChI is InChI=1S/C79H146N2O21/c1-4-6-8-10-12-14-16-18-20-22-23-24-25-26-27-28-29-30-31-32-33-34-35-37-39-41-43-45-47-49-51-53-66(89)81-60(61(86)52-50-48-46-44-42-40-38-36-21-19-17-15-13-11-9-7-5-2)58-97-76-71(93)70(92)73(65(57-84)99-76)100-77-72(94)75(69(91)64(56-83)98-77)102-79(78(95)96)54-62(87)67(80-59(3)85)74(101-79)68(90)63(88)55-82/h26-27,50,52,60-65,67-77,82-84,86-88,90-94H,4-25,28-49,51,53-58H2,1-3H3,(H,80,85)(H,81,89)(H,95,96)/b27-26-,52-50+. The summed E-state index contributed by atoms with van der Waals surface area (Å²) in [5, 5.41) is 136. The van der Waals surface area contributed by atoms with Gasteiger partial charge in [0.15, 0.2) is 12.6 Å². The molecule has 102 heavy (non-hydrogen) atoms. The predicted octanol–water partition coefficient (Wildman–Crippen LogP) is 10.7. The molecule has 0 aromatic rings. The van der Waals surface area contributed by atoms with E-state index in [4.69, 9.17) is 28.4 Å². The molecule has 3 heterocycles. The lowest BCUT2D eigenvalue weighted by Gasteiger charge is -2.50. The van der Waals surface area contributed by atoms with Crippen molar-refractivity contribution in [2.45, 2.75) is 432 Å². The van der Waals surface area contributed by atoms with Crippen molar-refractivity contribution < 1.29 is 104 Å². The molecule has 0 aromatic carbocycles. The second-order valence-corrected chi connectivity index (χ2v) is 29.6. The van der Waals surface area contributed by atoms with Crippen LogP contribution in [0.3, 0.4) is 0 Å². The minimum absolute atomic E-state index is 0.203. The van der Waals surface area contributed by atoms with Gasteiger partial charge >= 0.3 is 5.97 Å². The first kappa shape index (κ1) is 93.4. The largest absolute Gasteiger partial charge is 0.477 e. The van der Waals surface area contributed by atoms with Crippen molar-refractivity contribution in [2.24, 2.45) is 0 Å². The number of carboxylic acid groups (broad SMARTS) is 1. The lowest BCUT2D eigenvalue weighted by atomic mass is 9.88. The first-order valence-electron chi connectivity index (χ1n) is 40.7.